The number of likely N-dealkylation sites (tertiary alicyclic amines) is 1. The van der Waals surface area contributed by atoms with Crippen molar-refractivity contribution in [3.8, 4) is 0 Å². The van der Waals surface area contributed by atoms with E-state index in [9.17, 15) is 4.79 Å². The lowest BCUT2D eigenvalue weighted by Gasteiger charge is -2.39. The number of rotatable bonds is 4. The normalized spacial score (nSPS) is 26.9. The Morgan fingerprint density at radius 2 is 2.19 bits per heavy atom. The number of benzene rings is 1. The Morgan fingerprint density at radius 1 is 1.29 bits per heavy atom. The summed E-state index contributed by atoms with van der Waals surface area (Å²) in [6.07, 6.45) is 6.49. The molecule has 4 nitrogen and oxygen atoms in total. The predicted molar refractivity (Wildman–Crippen MR) is 84.0 cm³/mol. The van der Waals surface area contributed by atoms with E-state index in [-0.39, 0.29) is 5.91 Å². The Balaban J connectivity index is 1.71. The second kappa shape index (κ2) is 6.58. The number of nitrogens with zero attached hydrogens (tertiary/aromatic N) is 1. The van der Waals surface area contributed by atoms with Gasteiger partial charge in [-0.25, -0.2) is 0 Å². The van der Waals surface area contributed by atoms with Gasteiger partial charge in [0.15, 0.2) is 0 Å². The first-order chi connectivity index (χ1) is 10.2. The summed E-state index contributed by atoms with van der Waals surface area (Å²) in [5.74, 6) is -0.343. The molecule has 3 N–H and O–H groups in total. The van der Waals surface area contributed by atoms with Crippen LogP contribution in [0.15, 0.2) is 24.3 Å². The van der Waals surface area contributed by atoms with Crippen molar-refractivity contribution in [3.05, 3.63) is 35.4 Å². The van der Waals surface area contributed by atoms with Crippen molar-refractivity contribution >= 4 is 5.91 Å². The standard InChI is InChI=1S/C17H25N3O/c18-17(21)14-6-3-5-13(11-14)12-20-10-2-1-8-16(20)15-7-4-9-19-15/h3,5-6,11,15-16,19H,1-2,4,7-10,12H2,(H2,18,21). The van der Waals surface area contributed by atoms with Crippen LogP contribution in [0, 0.1) is 0 Å². The van der Waals surface area contributed by atoms with Crippen LogP contribution in [0.1, 0.15) is 48.0 Å². The van der Waals surface area contributed by atoms with E-state index in [0.29, 0.717) is 17.6 Å². The minimum atomic E-state index is -0.343. The highest BCUT2D eigenvalue weighted by molar-refractivity contribution is 5.92. The average Bonchev–Trinajstić information content (AvgIpc) is 3.02. The van der Waals surface area contributed by atoms with Gasteiger partial charge in [0.2, 0.25) is 5.91 Å². The highest BCUT2D eigenvalue weighted by atomic mass is 16.1. The van der Waals surface area contributed by atoms with Gasteiger partial charge in [-0.15, -0.1) is 0 Å². The monoisotopic (exact) mass is 287 g/mol. The molecule has 0 radical (unpaired) electrons. The van der Waals surface area contributed by atoms with E-state index in [1.54, 1.807) is 6.07 Å². The van der Waals surface area contributed by atoms with Crippen LogP contribution < -0.4 is 11.1 Å². The highest BCUT2D eigenvalue weighted by Crippen LogP contribution is 2.25. The summed E-state index contributed by atoms with van der Waals surface area (Å²) >= 11 is 0. The fourth-order valence-corrected chi connectivity index (χ4v) is 3.77. The molecule has 2 aliphatic rings. The number of nitrogens with two attached hydrogens (primary N) is 1. The molecular weight excluding hydrogens is 262 g/mol. The largest absolute Gasteiger partial charge is 0.366 e. The van der Waals surface area contributed by atoms with E-state index in [2.05, 4.69) is 16.3 Å². The van der Waals surface area contributed by atoms with Crippen LogP contribution in [0.2, 0.25) is 0 Å². The molecule has 21 heavy (non-hydrogen) atoms. The van der Waals surface area contributed by atoms with Gasteiger partial charge in [0.05, 0.1) is 0 Å². The number of primary amides is 1. The van der Waals surface area contributed by atoms with Crippen molar-refractivity contribution in [2.24, 2.45) is 5.73 Å². The third-order valence-electron chi connectivity index (χ3n) is 4.82. The average molecular weight is 287 g/mol. The third-order valence-corrected chi connectivity index (χ3v) is 4.82. The van der Waals surface area contributed by atoms with Crippen molar-refractivity contribution < 1.29 is 4.79 Å². The zero-order valence-corrected chi connectivity index (χ0v) is 12.6. The number of nitrogens with one attached hydrogen (secondary N) is 1. The lowest BCUT2D eigenvalue weighted by Crippen LogP contribution is -2.49. The van der Waals surface area contributed by atoms with Crippen molar-refractivity contribution in [2.45, 2.75) is 50.7 Å². The van der Waals surface area contributed by atoms with Gasteiger partial charge >= 0.3 is 0 Å². The minimum Gasteiger partial charge on any atom is -0.366 e. The smallest absolute Gasteiger partial charge is 0.248 e. The van der Waals surface area contributed by atoms with Gasteiger partial charge in [0.1, 0.15) is 0 Å². The van der Waals surface area contributed by atoms with Crippen LogP contribution in [-0.2, 0) is 6.54 Å². The van der Waals surface area contributed by atoms with E-state index >= 15 is 0 Å². The zero-order chi connectivity index (χ0) is 14.7. The first-order valence-electron chi connectivity index (χ1n) is 8.10. The maximum Gasteiger partial charge on any atom is 0.248 e. The van der Waals surface area contributed by atoms with E-state index in [0.717, 1.165) is 19.6 Å². The van der Waals surface area contributed by atoms with E-state index in [1.165, 1.54) is 37.7 Å². The molecule has 2 aliphatic heterocycles. The number of hydrogen-bond acceptors (Lipinski definition) is 3. The minimum absolute atomic E-state index is 0.343. The second-order valence-electron chi connectivity index (χ2n) is 6.30. The van der Waals surface area contributed by atoms with Crippen molar-refractivity contribution in [1.29, 1.82) is 0 Å². The Kier molecular flexibility index (Phi) is 4.56. The van der Waals surface area contributed by atoms with Gasteiger partial charge in [0.25, 0.3) is 0 Å². The molecule has 0 aliphatic carbocycles. The topological polar surface area (TPSA) is 58.4 Å². The molecule has 3 rings (SSSR count). The van der Waals surface area contributed by atoms with Gasteiger partial charge in [-0.2, -0.15) is 0 Å². The molecule has 1 aromatic carbocycles. The number of piperidine rings is 1. The first-order valence-corrected chi connectivity index (χ1v) is 8.10. The molecule has 0 spiro atoms. The Morgan fingerprint density at radius 3 is 2.95 bits per heavy atom. The Bertz CT molecular complexity index is 497. The molecule has 2 atom stereocenters. The summed E-state index contributed by atoms with van der Waals surface area (Å²) < 4.78 is 0. The zero-order valence-electron chi connectivity index (χ0n) is 12.6. The van der Waals surface area contributed by atoms with Gasteiger partial charge in [-0.3, -0.25) is 9.69 Å². The summed E-state index contributed by atoms with van der Waals surface area (Å²) in [6.45, 7) is 3.24. The molecule has 2 saturated heterocycles. The maximum atomic E-state index is 11.3. The molecule has 0 aromatic heterocycles. The summed E-state index contributed by atoms with van der Waals surface area (Å²) in [5, 5.41) is 3.66. The molecule has 2 heterocycles. The molecule has 4 heteroatoms. The van der Waals surface area contributed by atoms with E-state index in [4.69, 9.17) is 5.73 Å². The fourth-order valence-electron chi connectivity index (χ4n) is 3.77. The van der Waals surface area contributed by atoms with Gasteiger partial charge in [-0.1, -0.05) is 18.6 Å². The van der Waals surface area contributed by atoms with E-state index in [1.807, 2.05) is 12.1 Å². The molecular formula is C17H25N3O. The SMILES string of the molecule is NC(=O)c1cccc(CN2CCCCC2C2CCCN2)c1. The first kappa shape index (κ1) is 14.5. The fraction of sp³-hybridized carbons (Fsp3) is 0.588. The predicted octanol–water partition coefficient (Wildman–Crippen LogP) is 1.89. The number of hydrogen-bond donors (Lipinski definition) is 2. The Labute approximate surface area is 126 Å². The van der Waals surface area contributed by atoms with Crippen molar-refractivity contribution in [1.82, 2.24) is 10.2 Å². The van der Waals surface area contributed by atoms with Gasteiger partial charge in [-0.05, 0) is 56.5 Å². The third kappa shape index (κ3) is 3.44. The Hall–Kier alpha value is -1.39. The molecule has 0 saturated carbocycles. The lowest BCUT2D eigenvalue weighted by molar-refractivity contribution is 0.0999. The molecule has 0 bridgehead atoms. The summed E-state index contributed by atoms with van der Waals surface area (Å²) in [6, 6.07) is 9.04. The second-order valence-corrected chi connectivity index (χ2v) is 6.30. The lowest BCUT2D eigenvalue weighted by atomic mass is 9.94. The van der Waals surface area contributed by atoms with E-state index < -0.39 is 0 Å². The van der Waals surface area contributed by atoms with Crippen LogP contribution in [0.4, 0.5) is 0 Å². The molecule has 1 aromatic rings. The van der Waals surface area contributed by atoms with Crippen molar-refractivity contribution in [3.63, 3.8) is 0 Å². The van der Waals surface area contributed by atoms with Crippen LogP contribution in [-0.4, -0.2) is 36.0 Å². The summed E-state index contributed by atoms with van der Waals surface area (Å²) in [4.78, 5) is 13.9. The molecule has 114 valence electrons. The van der Waals surface area contributed by atoms with Crippen LogP contribution in [0.25, 0.3) is 0 Å². The van der Waals surface area contributed by atoms with Crippen LogP contribution >= 0.6 is 0 Å². The summed E-state index contributed by atoms with van der Waals surface area (Å²) in [5.41, 5.74) is 7.18. The maximum absolute atomic E-state index is 11.3. The number of amides is 1. The van der Waals surface area contributed by atoms with Crippen molar-refractivity contribution in [2.75, 3.05) is 13.1 Å². The quantitative estimate of drug-likeness (QED) is 0.889. The van der Waals surface area contributed by atoms with Gasteiger partial charge in [0, 0.05) is 24.2 Å². The van der Waals surface area contributed by atoms with Crippen LogP contribution in [0.5, 0.6) is 0 Å². The molecule has 2 unspecified atom stereocenters. The molecule has 2 fully saturated rings. The number of carbonyl (C=O) groups excluding carboxylic acids is 1. The van der Waals surface area contributed by atoms with Crippen LogP contribution in [0.3, 0.4) is 0 Å². The number of carbonyl (C=O) groups is 1. The molecule has 1 amide bonds. The highest BCUT2D eigenvalue weighted by Gasteiger charge is 2.31. The summed E-state index contributed by atoms with van der Waals surface area (Å²) in [7, 11) is 0. The van der Waals surface area contributed by atoms with Gasteiger partial charge < -0.3 is 11.1 Å².